The zero-order valence-electron chi connectivity index (χ0n) is 6.73. The van der Waals surface area contributed by atoms with Crippen LogP contribution < -0.4 is 0 Å². The first-order valence-electron chi connectivity index (χ1n) is 3.19. The molecule has 0 heterocycles. The highest BCUT2D eigenvalue weighted by Crippen LogP contribution is 1.87. The molecule has 0 unspecified atom stereocenters. The number of terminal acetylenes is 2. The lowest BCUT2D eigenvalue weighted by molar-refractivity contribution is 1.23. The second kappa shape index (κ2) is 6.91. The highest BCUT2D eigenvalue weighted by Gasteiger charge is 1.90. The van der Waals surface area contributed by atoms with Crippen LogP contribution in [0.4, 0.5) is 0 Å². The van der Waals surface area contributed by atoms with E-state index in [1.807, 2.05) is 0 Å². The van der Waals surface area contributed by atoms with Gasteiger partial charge in [-0.3, -0.25) is 0 Å². The third kappa shape index (κ3) is 4.66. The van der Waals surface area contributed by atoms with E-state index in [0.29, 0.717) is 0 Å². The van der Waals surface area contributed by atoms with Gasteiger partial charge >= 0.3 is 0 Å². The molecule has 0 nitrogen and oxygen atoms in total. The minimum atomic E-state index is -0.331. The van der Waals surface area contributed by atoms with Crippen molar-refractivity contribution in [3.63, 3.8) is 0 Å². The average Bonchev–Trinajstić information content (AvgIpc) is 2.10. The van der Waals surface area contributed by atoms with Crippen LogP contribution in [0.25, 0.3) is 0 Å². The zero-order chi connectivity index (χ0) is 9.23. The lowest BCUT2D eigenvalue weighted by Gasteiger charge is -1.85. The smallest absolute Gasteiger partial charge is 0.106 e. The number of rotatable bonds is 0. The van der Waals surface area contributed by atoms with E-state index >= 15 is 0 Å². The Kier molecular flexibility index (Phi) is 5.65. The SMILES string of the molecule is C#CC#CC(C#CC)C#CC#C. The van der Waals surface area contributed by atoms with Crippen LogP contribution >= 0.6 is 0 Å². The van der Waals surface area contributed by atoms with Crippen molar-refractivity contribution in [1.29, 1.82) is 0 Å². The van der Waals surface area contributed by atoms with Crippen LogP contribution in [0.3, 0.4) is 0 Å². The Bertz CT molecular complexity index is 359. The predicted octanol–water partition coefficient (Wildman–Crippen LogP) is 0.899. The molecule has 0 aromatic rings. The fourth-order valence-electron chi connectivity index (χ4n) is 0.480. The summed E-state index contributed by atoms with van der Waals surface area (Å²) in [5.41, 5.74) is 0. The summed E-state index contributed by atoms with van der Waals surface area (Å²) in [7, 11) is 0. The van der Waals surface area contributed by atoms with Gasteiger partial charge in [0.25, 0.3) is 0 Å². The Labute approximate surface area is 73.7 Å². The van der Waals surface area contributed by atoms with Crippen LogP contribution in [0.1, 0.15) is 6.92 Å². The Hall–Kier alpha value is -2.20. The first-order chi connectivity index (χ1) is 5.85. The normalized spacial score (nSPS) is 5.33. The van der Waals surface area contributed by atoms with E-state index in [0.717, 1.165) is 0 Å². The zero-order valence-corrected chi connectivity index (χ0v) is 6.73. The summed E-state index contributed by atoms with van der Waals surface area (Å²) < 4.78 is 0. The van der Waals surface area contributed by atoms with Gasteiger partial charge in [-0.1, -0.05) is 17.8 Å². The maximum absolute atomic E-state index is 4.94. The van der Waals surface area contributed by atoms with Gasteiger partial charge in [-0.05, 0) is 30.6 Å². The van der Waals surface area contributed by atoms with Crippen molar-refractivity contribution in [3.05, 3.63) is 0 Å². The van der Waals surface area contributed by atoms with Gasteiger partial charge in [0.2, 0.25) is 0 Å². The molecule has 0 aliphatic heterocycles. The molecule has 0 aromatic heterocycles. The molecule has 0 N–H and O–H groups in total. The van der Waals surface area contributed by atoms with Crippen LogP contribution in [-0.4, -0.2) is 0 Å². The van der Waals surface area contributed by atoms with Crippen LogP contribution in [0.5, 0.6) is 0 Å². The van der Waals surface area contributed by atoms with Gasteiger partial charge in [-0.25, -0.2) is 0 Å². The summed E-state index contributed by atoms with van der Waals surface area (Å²) in [6, 6.07) is 0. The Balaban J connectivity index is 4.57. The molecule has 12 heavy (non-hydrogen) atoms. The van der Waals surface area contributed by atoms with Crippen LogP contribution in [0, 0.1) is 66.1 Å². The minimum Gasteiger partial charge on any atom is -0.106 e. The fourth-order valence-corrected chi connectivity index (χ4v) is 0.480. The van der Waals surface area contributed by atoms with Crippen molar-refractivity contribution in [1.82, 2.24) is 0 Å². The molecule has 54 valence electrons. The van der Waals surface area contributed by atoms with Crippen molar-refractivity contribution in [2.45, 2.75) is 6.92 Å². The molecule has 0 radical (unpaired) electrons. The molecular weight excluding hydrogens is 144 g/mol. The quantitative estimate of drug-likeness (QED) is 0.450. The average molecular weight is 150 g/mol. The van der Waals surface area contributed by atoms with E-state index in [1.165, 1.54) is 0 Å². The Morgan fingerprint density at radius 2 is 1.42 bits per heavy atom. The van der Waals surface area contributed by atoms with Gasteiger partial charge in [0, 0.05) is 0 Å². The van der Waals surface area contributed by atoms with E-state index in [9.17, 15) is 0 Å². The molecular formula is C12H6. The minimum absolute atomic E-state index is 0.331. The van der Waals surface area contributed by atoms with Crippen LogP contribution in [0.2, 0.25) is 0 Å². The van der Waals surface area contributed by atoms with Crippen molar-refractivity contribution in [3.8, 4) is 60.2 Å². The molecule has 0 bridgehead atoms. The molecule has 0 saturated heterocycles. The summed E-state index contributed by atoms with van der Waals surface area (Å²) in [5.74, 6) is 19.7. The summed E-state index contributed by atoms with van der Waals surface area (Å²) in [4.78, 5) is 0. The van der Waals surface area contributed by atoms with Crippen molar-refractivity contribution in [2.24, 2.45) is 5.92 Å². The van der Waals surface area contributed by atoms with E-state index < -0.39 is 0 Å². The van der Waals surface area contributed by atoms with Gasteiger partial charge in [-0.15, -0.1) is 18.8 Å². The summed E-state index contributed by atoms with van der Waals surface area (Å²) in [6.45, 7) is 1.71. The van der Waals surface area contributed by atoms with Gasteiger partial charge in [0.1, 0.15) is 5.92 Å². The Morgan fingerprint density at radius 1 is 0.917 bits per heavy atom. The van der Waals surface area contributed by atoms with Gasteiger partial charge < -0.3 is 0 Å². The lowest BCUT2D eigenvalue weighted by Crippen LogP contribution is -1.86. The van der Waals surface area contributed by atoms with Crippen molar-refractivity contribution in [2.75, 3.05) is 0 Å². The second-order valence-electron chi connectivity index (χ2n) is 1.65. The predicted molar refractivity (Wildman–Crippen MR) is 50.2 cm³/mol. The molecule has 0 fully saturated rings. The van der Waals surface area contributed by atoms with E-state index in [2.05, 4.69) is 47.4 Å². The summed E-state index contributed by atoms with van der Waals surface area (Å²) >= 11 is 0. The first-order valence-corrected chi connectivity index (χ1v) is 3.19. The molecule has 0 atom stereocenters. The molecule has 0 rings (SSSR count). The van der Waals surface area contributed by atoms with E-state index in [-0.39, 0.29) is 5.92 Å². The summed E-state index contributed by atoms with van der Waals surface area (Å²) in [5, 5.41) is 0. The second-order valence-corrected chi connectivity index (χ2v) is 1.65. The topological polar surface area (TPSA) is 0 Å². The van der Waals surface area contributed by atoms with Crippen molar-refractivity contribution < 1.29 is 0 Å². The standard InChI is InChI=1S/C12H6/c1-4-7-10-12(9-6-3)11-8-5-2/h1-2,12H,3H3. The molecule has 0 aliphatic carbocycles. The monoisotopic (exact) mass is 150 g/mol. The molecule has 0 aromatic carbocycles. The van der Waals surface area contributed by atoms with Crippen molar-refractivity contribution >= 4 is 0 Å². The third-order valence-corrected chi connectivity index (χ3v) is 0.866. The highest BCUT2D eigenvalue weighted by atomic mass is 13.9. The summed E-state index contributed by atoms with van der Waals surface area (Å²) in [6.07, 6.45) is 9.88. The first kappa shape index (κ1) is 9.80. The van der Waals surface area contributed by atoms with E-state index in [4.69, 9.17) is 12.8 Å². The Morgan fingerprint density at radius 3 is 1.75 bits per heavy atom. The maximum atomic E-state index is 4.94. The largest absolute Gasteiger partial charge is 0.143 e. The number of hydrogen-bond acceptors (Lipinski definition) is 0. The molecule has 0 spiro atoms. The number of hydrogen-bond donors (Lipinski definition) is 0. The van der Waals surface area contributed by atoms with Gasteiger partial charge in [-0.2, -0.15) is 0 Å². The van der Waals surface area contributed by atoms with Crippen LogP contribution in [0.15, 0.2) is 0 Å². The van der Waals surface area contributed by atoms with E-state index in [1.54, 1.807) is 6.92 Å². The maximum Gasteiger partial charge on any atom is 0.143 e. The fraction of sp³-hybridized carbons (Fsp3) is 0.167. The van der Waals surface area contributed by atoms with Crippen LogP contribution in [-0.2, 0) is 0 Å². The molecule has 0 saturated carbocycles. The lowest BCUT2D eigenvalue weighted by atomic mass is 10.1. The third-order valence-electron chi connectivity index (χ3n) is 0.866. The molecule has 0 heteroatoms. The molecule has 0 aliphatic rings. The highest BCUT2D eigenvalue weighted by molar-refractivity contribution is 5.36. The molecule has 0 amide bonds. The van der Waals surface area contributed by atoms with Gasteiger partial charge in [0.05, 0.1) is 0 Å². The van der Waals surface area contributed by atoms with Gasteiger partial charge in [0.15, 0.2) is 0 Å².